The van der Waals surface area contributed by atoms with Gasteiger partial charge in [0.1, 0.15) is 0 Å². The highest BCUT2D eigenvalue weighted by Gasteiger charge is 2.28. The second-order valence-corrected chi connectivity index (χ2v) is 9.45. The molecule has 1 unspecified atom stereocenters. The number of amides is 1. The summed E-state index contributed by atoms with van der Waals surface area (Å²) in [5.41, 5.74) is 0.136. The van der Waals surface area contributed by atoms with Crippen molar-refractivity contribution in [2.75, 3.05) is 17.8 Å². The SMILES string of the molecule is CCS(C)(CC)C(=O)NC(C)C(C)(C)C. The Morgan fingerprint density at radius 1 is 1.27 bits per heavy atom. The molecular formula is C12H27NOS. The molecule has 0 aromatic heterocycles. The Morgan fingerprint density at radius 3 is 1.93 bits per heavy atom. The predicted octanol–water partition coefficient (Wildman–Crippen LogP) is 3.60. The number of hydrogen-bond donors (Lipinski definition) is 1. The van der Waals surface area contributed by atoms with Crippen molar-refractivity contribution in [3.8, 4) is 0 Å². The zero-order chi connectivity index (χ0) is 12.3. The second-order valence-electron chi connectivity index (χ2n) is 5.37. The first-order valence-corrected chi connectivity index (χ1v) is 8.09. The lowest BCUT2D eigenvalue weighted by atomic mass is 9.88. The van der Waals surface area contributed by atoms with Crippen molar-refractivity contribution in [1.29, 1.82) is 0 Å². The molecule has 92 valence electrons. The van der Waals surface area contributed by atoms with Gasteiger partial charge in [-0.05, 0) is 30.1 Å². The highest BCUT2D eigenvalue weighted by molar-refractivity contribution is 8.44. The van der Waals surface area contributed by atoms with Gasteiger partial charge in [0, 0.05) is 6.04 Å². The molecule has 0 saturated heterocycles. The maximum absolute atomic E-state index is 12.1. The van der Waals surface area contributed by atoms with Crippen LogP contribution in [-0.2, 0) is 0 Å². The van der Waals surface area contributed by atoms with Gasteiger partial charge in [-0.2, -0.15) is 10.0 Å². The summed E-state index contributed by atoms with van der Waals surface area (Å²) >= 11 is 0. The van der Waals surface area contributed by atoms with Crippen LogP contribution < -0.4 is 5.32 Å². The molecule has 0 saturated carbocycles. The summed E-state index contributed by atoms with van der Waals surface area (Å²) < 4.78 is 0. The van der Waals surface area contributed by atoms with Gasteiger partial charge in [0.25, 0.3) is 5.24 Å². The van der Waals surface area contributed by atoms with Crippen LogP contribution in [0.3, 0.4) is 0 Å². The molecule has 0 aliphatic rings. The van der Waals surface area contributed by atoms with Crippen LogP contribution in [0.2, 0.25) is 0 Å². The van der Waals surface area contributed by atoms with Crippen molar-refractivity contribution >= 4 is 15.3 Å². The molecule has 0 rings (SSSR count). The van der Waals surface area contributed by atoms with Gasteiger partial charge in [-0.3, -0.25) is 4.79 Å². The van der Waals surface area contributed by atoms with Crippen LogP contribution in [0.15, 0.2) is 0 Å². The fourth-order valence-corrected chi connectivity index (χ4v) is 2.40. The van der Waals surface area contributed by atoms with Gasteiger partial charge in [0.05, 0.1) is 0 Å². The quantitative estimate of drug-likeness (QED) is 0.793. The minimum atomic E-state index is -1.10. The molecule has 3 heteroatoms. The monoisotopic (exact) mass is 233 g/mol. The Labute approximate surface area is 96.5 Å². The predicted molar refractivity (Wildman–Crippen MR) is 72.0 cm³/mol. The van der Waals surface area contributed by atoms with Crippen molar-refractivity contribution in [3.05, 3.63) is 0 Å². The molecule has 0 aliphatic heterocycles. The maximum atomic E-state index is 12.1. The van der Waals surface area contributed by atoms with E-state index in [2.05, 4.69) is 53.1 Å². The Balaban J connectivity index is 4.49. The molecule has 0 radical (unpaired) electrons. The number of nitrogens with one attached hydrogen (secondary N) is 1. The van der Waals surface area contributed by atoms with Crippen molar-refractivity contribution < 1.29 is 4.79 Å². The lowest BCUT2D eigenvalue weighted by molar-refractivity contribution is 0.241. The molecule has 0 fully saturated rings. The topological polar surface area (TPSA) is 29.1 Å². The van der Waals surface area contributed by atoms with Gasteiger partial charge in [-0.15, -0.1) is 0 Å². The molecule has 0 aromatic rings. The number of carbonyl (C=O) groups is 1. The lowest BCUT2D eigenvalue weighted by Crippen LogP contribution is -2.43. The molecule has 1 atom stereocenters. The normalized spacial score (nSPS) is 15.9. The van der Waals surface area contributed by atoms with E-state index in [1.807, 2.05) is 0 Å². The summed E-state index contributed by atoms with van der Waals surface area (Å²) in [5.74, 6) is 1.96. The number of hydrogen-bond acceptors (Lipinski definition) is 1. The van der Waals surface area contributed by atoms with Crippen LogP contribution in [0.5, 0.6) is 0 Å². The van der Waals surface area contributed by atoms with Gasteiger partial charge >= 0.3 is 0 Å². The van der Waals surface area contributed by atoms with Crippen molar-refractivity contribution in [2.24, 2.45) is 5.41 Å². The van der Waals surface area contributed by atoms with E-state index in [0.717, 1.165) is 11.5 Å². The third kappa shape index (κ3) is 4.06. The molecule has 2 nitrogen and oxygen atoms in total. The van der Waals surface area contributed by atoms with E-state index in [1.165, 1.54) is 0 Å². The van der Waals surface area contributed by atoms with Crippen LogP contribution in [0.1, 0.15) is 41.5 Å². The molecule has 1 N–H and O–H groups in total. The Kier molecular flexibility index (Phi) is 5.18. The molecule has 0 heterocycles. The first kappa shape index (κ1) is 14.8. The Bertz CT molecular complexity index is 216. The molecule has 1 amide bonds. The molecule has 0 aromatic carbocycles. The fourth-order valence-electron chi connectivity index (χ4n) is 1.00. The van der Waals surface area contributed by atoms with Crippen molar-refractivity contribution in [3.63, 3.8) is 0 Å². The van der Waals surface area contributed by atoms with Gasteiger partial charge in [-0.1, -0.05) is 34.6 Å². The van der Waals surface area contributed by atoms with Crippen LogP contribution in [0.4, 0.5) is 4.79 Å². The Hall–Kier alpha value is -0.180. The third-order valence-corrected chi connectivity index (χ3v) is 6.92. The van der Waals surface area contributed by atoms with E-state index in [9.17, 15) is 4.79 Å². The minimum absolute atomic E-state index is 0.136. The average molecular weight is 233 g/mol. The van der Waals surface area contributed by atoms with E-state index in [0.29, 0.717) is 0 Å². The average Bonchev–Trinajstić information content (AvgIpc) is 2.14. The smallest absolute Gasteiger partial charge is 0.261 e. The van der Waals surface area contributed by atoms with Gasteiger partial charge < -0.3 is 5.32 Å². The summed E-state index contributed by atoms with van der Waals surface area (Å²) in [7, 11) is -1.10. The summed E-state index contributed by atoms with van der Waals surface area (Å²) in [6, 6.07) is 0.231. The van der Waals surface area contributed by atoms with E-state index >= 15 is 0 Å². The highest BCUT2D eigenvalue weighted by atomic mass is 32.3. The van der Waals surface area contributed by atoms with Crippen LogP contribution >= 0.6 is 10.0 Å². The van der Waals surface area contributed by atoms with Gasteiger partial charge in [0.15, 0.2) is 0 Å². The highest BCUT2D eigenvalue weighted by Crippen LogP contribution is 2.44. The van der Waals surface area contributed by atoms with E-state index in [4.69, 9.17) is 0 Å². The number of rotatable bonds is 3. The maximum Gasteiger partial charge on any atom is 0.261 e. The second kappa shape index (κ2) is 5.24. The summed E-state index contributed by atoms with van der Waals surface area (Å²) in [5, 5.41) is 3.43. The fraction of sp³-hybridized carbons (Fsp3) is 0.917. The van der Waals surface area contributed by atoms with E-state index in [-0.39, 0.29) is 16.7 Å². The molecular weight excluding hydrogens is 206 g/mol. The van der Waals surface area contributed by atoms with E-state index in [1.54, 1.807) is 0 Å². The molecule has 0 spiro atoms. The minimum Gasteiger partial charge on any atom is -0.345 e. The van der Waals surface area contributed by atoms with Crippen LogP contribution in [0, 0.1) is 5.41 Å². The first-order chi connectivity index (χ1) is 6.67. The van der Waals surface area contributed by atoms with Crippen LogP contribution in [0.25, 0.3) is 0 Å². The van der Waals surface area contributed by atoms with Gasteiger partial charge in [-0.25, -0.2) is 0 Å². The Morgan fingerprint density at radius 2 is 1.67 bits per heavy atom. The zero-order valence-electron chi connectivity index (χ0n) is 11.3. The molecule has 0 bridgehead atoms. The summed E-state index contributed by atoms with van der Waals surface area (Å²) in [6.07, 6.45) is 2.12. The zero-order valence-corrected chi connectivity index (χ0v) is 12.1. The molecule has 0 aliphatic carbocycles. The van der Waals surface area contributed by atoms with E-state index < -0.39 is 10.0 Å². The van der Waals surface area contributed by atoms with Crippen molar-refractivity contribution in [1.82, 2.24) is 5.32 Å². The summed E-state index contributed by atoms with van der Waals surface area (Å²) in [4.78, 5) is 12.1. The largest absolute Gasteiger partial charge is 0.345 e. The van der Waals surface area contributed by atoms with Crippen molar-refractivity contribution in [2.45, 2.75) is 47.6 Å². The molecule has 15 heavy (non-hydrogen) atoms. The van der Waals surface area contributed by atoms with Crippen LogP contribution in [-0.4, -0.2) is 29.0 Å². The van der Waals surface area contributed by atoms with Gasteiger partial charge in [0.2, 0.25) is 0 Å². The lowest BCUT2D eigenvalue weighted by Gasteiger charge is -2.36. The third-order valence-electron chi connectivity index (χ3n) is 3.36. The summed E-state index contributed by atoms with van der Waals surface area (Å²) in [6.45, 7) is 12.8. The standard InChI is InChI=1S/C12H27NOS/c1-8-15(7,9-2)11(14)13-10(3)12(4,5)6/h10H,8-9H2,1-7H3,(H,13,14). The first-order valence-electron chi connectivity index (χ1n) is 5.71. The number of carbonyl (C=O) groups excluding carboxylic acids is 1.